The summed E-state index contributed by atoms with van der Waals surface area (Å²) in [6.07, 6.45) is 2.18. The van der Waals surface area contributed by atoms with E-state index in [-0.39, 0.29) is 12.5 Å². The van der Waals surface area contributed by atoms with Crippen LogP contribution in [-0.4, -0.2) is 25.1 Å². The fourth-order valence-corrected chi connectivity index (χ4v) is 2.65. The Balaban J connectivity index is 2.01. The summed E-state index contributed by atoms with van der Waals surface area (Å²) in [7, 11) is 0. The second-order valence-electron chi connectivity index (χ2n) is 5.12. The summed E-state index contributed by atoms with van der Waals surface area (Å²) in [6, 6.07) is 4.41. The van der Waals surface area contributed by atoms with Crippen molar-refractivity contribution < 1.29 is 9.53 Å². The van der Waals surface area contributed by atoms with Gasteiger partial charge in [-0.05, 0) is 44.0 Å². The zero-order chi connectivity index (χ0) is 14.5. The van der Waals surface area contributed by atoms with Gasteiger partial charge in [-0.3, -0.25) is 4.79 Å². The molecule has 20 heavy (non-hydrogen) atoms. The van der Waals surface area contributed by atoms with Crippen molar-refractivity contribution in [1.29, 1.82) is 0 Å². The molecule has 110 valence electrons. The van der Waals surface area contributed by atoms with Crippen LogP contribution in [0.25, 0.3) is 0 Å². The Bertz CT molecular complexity index is 487. The number of hydrogen-bond donors (Lipinski definition) is 2. The van der Waals surface area contributed by atoms with Crippen molar-refractivity contribution in [3.05, 3.63) is 27.7 Å². The van der Waals surface area contributed by atoms with E-state index in [0.29, 0.717) is 6.04 Å². The largest absolute Gasteiger partial charge is 0.483 e. The molecule has 0 atom stereocenters. The van der Waals surface area contributed by atoms with Gasteiger partial charge in [0.2, 0.25) is 0 Å². The lowest BCUT2D eigenvalue weighted by atomic mass is 10.1. The lowest BCUT2D eigenvalue weighted by Crippen LogP contribution is -2.30. The maximum absolute atomic E-state index is 11.7. The van der Waals surface area contributed by atoms with Gasteiger partial charge in [0.25, 0.3) is 5.91 Å². The molecule has 0 unspecified atom stereocenters. The van der Waals surface area contributed by atoms with E-state index in [1.54, 1.807) is 0 Å². The smallest absolute Gasteiger partial charge is 0.258 e. The second kappa shape index (κ2) is 7.09. The zero-order valence-electron chi connectivity index (χ0n) is 12.0. The number of benzene rings is 1. The molecule has 2 N–H and O–H groups in total. The molecule has 1 fully saturated rings. The highest BCUT2D eigenvalue weighted by Gasteiger charge is 2.23. The Morgan fingerprint density at radius 3 is 2.85 bits per heavy atom. The third-order valence-corrected chi connectivity index (χ3v) is 3.63. The van der Waals surface area contributed by atoms with Crippen LogP contribution in [-0.2, 0) is 11.3 Å². The first-order valence-corrected chi connectivity index (χ1v) is 7.81. The first-order chi connectivity index (χ1) is 9.60. The summed E-state index contributed by atoms with van der Waals surface area (Å²) >= 11 is 3.50. The van der Waals surface area contributed by atoms with E-state index in [0.717, 1.165) is 47.3 Å². The molecule has 4 nitrogen and oxygen atoms in total. The highest BCUT2D eigenvalue weighted by Crippen LogP contribution is 2.28. The summed E-state index contributed by atoms with van der Waals surface area (Å²) in [6.45, 7) is 5.77. The van der Waals surface area contributed by atoms with Gasteiger partial charge in [0.1, 0.15) is 5.75 Å². The van der Waals surface area contributed by atoms with Crippen LogP contribution in [0.15, 0.2) is 16.6 Å². The van der Waals surface area contributed by atoms with Crippen LogP contribution in [0.5, 0.6) is 5.75 Å². The summed E-state index contributed by atoms with van der Waals surface area (Å²) < 4.78 is 6.76. The molecule has 0 radical (unpaired) electrons. The molecule has 0 aliphatic heterocycles. The monoisotopic (exact) mass is 340 g/mol. The van der Waals surface area contributed by atoms with Gasteiger partial charge in [-0.1, -0.05) is 22.9 Å². The first-order valence-electron chi connectivity index (χ1n) is 7.02. The number of halogens is 1. The minimum Gasteiger partial charge on any atom is -0.483 e. The van der Waals surface area contributed by atoms with E-state index >= 15 is 0 Å². The van der Waals surface area contributed by atoms with Crippen molar-refractivity contribution >= 4 is 21.8 Å². The molecule has 0 spiro atoms. The number of hydrogen-bond acceptors (Lipinski definition) is 3. The van der Waals surface area contributed by atoms with Crippen molar-refractivity contribution in [3.8, 4) is 5.75 Å². The normalized spacial score (nSPS) is 14.2. The van der Waals surface area contributed by atoms with E-state index in [1.807, 2.05) is 19.1 Å². The summed E-state index contributed by atoms with van der Waals surface area (Å²) in [4.78, 5) is 11.7. The van der Waals surface area contributed by atoms with Crippen LogP contribution in [0.4, 0.5) is 0 Å². The topological polar surface area (TPSA) is 50.4 Å². The van der Waals surface area contributed by atoms with Crippen LogP contribution >= 0.6 is 15.9 Å². The van der Waals surface area contributed by atoms with Gasteiger partial charge in [-0.15, -0.1) is 0 Å². The number of carbonyl (C=O) groups is 1. The fourth-order valence-electron chi connectivity index (χ4n) is 2.03. The molecule has 5 heteroatoms. The van der Waals surface area contributed by atoms with E-state index in [1.165, 1.54) is 0 Å². The summed E-state index contributed by atoms with van der Waals surface area (Å²) in [5, 5.41) is 6.22. The molecular formula is C15H21BrN2O2. The predicted octanol–water partition coefficient (Wildman–Crippen LogP) is 2.52. The lowest BCUT2D eigenvalue weighted by molar-refractivity contribution is -0.123. The molecule has 1 amide bonds. The molecule has 0 aromatic heterocycles. The van der Waals surface area contributed by atoms with E-state index in [9.17, 15) is 4.79 Å². The second-order valence-corrected chi connectivity index (χ2v) is 6.04. The Labute approximate surface area is 128 Å². The Morgan fingerprint density at radius 2 is 2.20 bits per heavy atom. The van der Waals surface area contributed by atoms with Crippen molar-refractivity contribution in [2.75, 3.05) is 13.2 Å². The predicted molar refractivity (Wildman–Crippen MR) is 82.9 cm³/mol. The number of amides is 1. The molecule has 1 saturated carbocycles. The molecule has 1 aromatic carbocycles. The van der Waals surface area contributed by atoms with Gasteiger partial charge in [0, 0.05) is 22.6 Å². The van der Waals surface area contributed by atoms with Crippen LogP contribution in [0.1, 0.15) is 30.9 Å². The highest BCUT2D eigenvalue weighted by molar-refractivity contribution is 9.10. The van der Waals surface area contributed by atoms with E-state index in [4.69, 9.17) is 4.74 Å². The van der Waals surface area contributed by atoms with Gasteiger partial charge >= 0.3 is 0 Å². The van der Waals surface area contributed by atoms with Crippen molar-refractivity contribution in [2.24, 2.45) is 0 Å². The first kappa shape index (κ1) is 15.3. The average molecular weight is 341 g/mol. The van der Waals surface area contributed by atoms with Crippen molar-refractivity contribution in [1.82, 2.24) is 10.6 Å². The lowest BCUT2D eigenvalue weighted by Gasteiger charge is -2.15. The molecular weight excluding hydrogens is 320 g/mol. The SMILES string of the molecule is CCNCc1cc(Br)cc(C)c1OCC(=O)NC1CC1. The van der Waals surface area contributed by atoms with Crippen LogP contribution in [0.2, 0.25) is 0 Å². The Kier molecular flexibility index (Phi) is 5.43. The van der Waals surface area contributed by atoms with Gasteiger partial charge < -0.3 is 15.4 Å². The number of nitrogens with one attached hydrogen (secondary N) is 2. The quantitative estimate of drug-likeness (QED) is 0.801. The van der Waals surface area contributed by atoms with Gasteiger partial charge in [0.15, 0.2) is 6.61 Å². The number of ether oxygens (including phenoxy) is 1. The minimum atomic E-state index is -0.0378. The van der Waals surface area contributed by atoms with Crippen molar-refractivity contribution in [3.63, 3.8) is 0 Å². The highest BCUT2D eigenvalue weighted by atomic mass is 79.9. The number of rotatable bonds is 7. The molecule has 0 heterocycles. The van der Waals surface area contributed by atoms with Crippen LogP contribution in [0, 0.1) is 6.92 Å². The van der Waals surface area contributed by atoms with Gasteiger partial charge in [-0.25, -0.2) is 0 Å². The zero-order valence-corrected chi connectivity index (χ0v) is 13.5. The summed E-state index contributed by atoms with van der Waals surface area (Å²) in [5.74, 6) is 0.768. The molecule has 2 rings (SSSR count). The van der Waals surface area contributed by atoms with Gasteiger partial charge in [-0.2, -0.15) is 0 Å². The van der Waals surface area contributed by atoms with Crippen LogP contribution < -0.4 is 15.4 Å². The number of aryl methyl sites for hydroxylation is 1. The van der Waals surface area contributed by atoms with E-state index < -0.39 is 0 Å². The molecule has 0 saturated heterocycles. The molecule has 0 bridgehead atoms. The molecule has 1 aliphatic carbocycles. The fraction of sp³-hybridized carbons (Fsp3) is 0.533. The van der Waals surface area contributed by atoms with E-state index in [2.05, 4.69) is 33.5 Å². The Morgan fingerprint density at radius 1 is 1.45 bits per heavy atom. The number of carbonyl (C=O) groups excluding carboxylic acids is 1. The van der Waals surface area contributed by atoms with Gasteiger partial charge in [0.05, 0.1) is 0 Å². The van der Waals surface area contributed by atoms with Crippen molar-refractivity contribution in [2.45, 2.75) is 39.3 Å². The third-order valence-electron chi connectivity index (χ3n) is 3.17. The molecule has 1 aromatic rings. The van der Waals surface area contributed by atoms with Crippen LogP contribution in [0.3, 0.4) is 0 Å². The minimum absolute atomic E-state index is 0.0378. The summed E-state index contributed by atoms with van der Waals surface area (Å²) in [5.41, 5.74) is 2.10. The molecule has 1 aliphatic rings. The third kappa shape index (κ3) is 4.49. The standard InChI is InChI=1S/C15H21BrN2O2/c1-3-17-8-11-7-12(16)6-10(2)15(11)20-9-14(19)18-13-4-5-13/h6-7,13,17H,3-5,8-9H2,1-2H3,(H,18,19). The maximum Gasteiger partial charge on any atom is 0.258 e. The Hall–Kier alpha value is -1.07. The maximum atomic E-state index is 11.7. The average Bonchev–Trinajstić information content (AvgIpc) is 3.18.